The lowest BCUT2D eigenvalue weighted by molar-refractivity contribution is -0.0421. The Labute approximate surface area is 92.5 Å². The summed E-state index contributed by atoms with van der Waals surface area (Å²) in [6.45, 7) is 3.04. The van der Waals surface area contributed by atoms with Crippen molar-refractivity contribution in [3.8, 4) is 0 Å². The third-order valence-corrected chi connectivity index (χ3v) is 3.22. The molecule has 1 fully saturated rings. The highest BCUT2D eigenvalue weighted by molar-refractivity contribution is 5.13. The Morgan fingerprint density at radius 3 is 2.60 bits per heavy atom. The Morgan fingerprint density at radius 1 is 1.20 bits per heavy atom. The standard InChI is InChI=1S/C14H20O/c1-2-6-13-9-14(10-13)15-11-12-7-4-3-5-8-12/h3-5,7-8,13-14H,2,6,9-11H2,1H3. The highest BCUT2D eigenvalue weighted by Gasteiger charge is 2.28. The van der Waals surface area contributed by atoms with E-state index in [4.69, 9.17) is 4.74 Å². The molecule has 0 bridgehead atoms. The molecule has 0 radical (unpaired) electrons. The molecule has 0 saturated heterocycles. The maximum Gasteiger partial charge on any atom is 0.0720 e. The summed E-state index contributed by atoms with van der Waals surface area (Å²) < 4.78 is 5.84. The van der Waals surface area contributed by atoms with E-state index < -0.39 is 0 Å². The highest BCUT2D eigenvalue weighted by Crippen LogP contribution is 2.33. The third-order valence-electron chi connectivity index (χ3n) is 3.22. The van der Waals surface area contributed by atoms with Gasteiger partial charge in [-0.1, -0.05) is 50.1 Å². The van der Waals surface area contributed by atoms with Crippen molar-refractivity contribution in [1.82, 2.24) is 0 Å². The van der Waals surface area contributed by atoms with Crippen LogP contribution in [0.5, 0.6) is 0 Å². The van der Waals surface area contributed by atoms with E-state index in [2.05, 4.69) is 31.2 Å². The fourth-order valence-corrected chi connectivity index (χ4v) is 2.24. The molecule has 15 heavy (non-hydrogen) atoms. The Hall–Kier alpha value is -0.820. The van der Waals surface area contributed by atoms with Gasteiger partial charge < -0.3 is 4.74 Å². The topological polar surface area (TPSA) is 9.23 Å². The number of benzene rings is 1. The maximum absolute atomic E-state index is 5.84. The van der Waals surface area contributed by atoms with Gasteiger partial charge in [0.05, 0.1) is 12.7 Å². The summed E-state index contributed by atoms with van der Waals surface area (Å²) in [5.41, 5.74) is 1.29. The lowest BCUT2D eigenvalue weighted by Crippen LogP contribution is -2.31. The third kappa shape index (κ3) is 3.07. The summed E-state index contributed by atoms with van der Waals surface area (Å²) in [6.07, 6.45) is 5.78. The molecule has 1 saturated carbocycles. The van der Waals surface area contributed by atoms with E-state index in [0.29, 0.717) is 6.10 Å². The number of hydrogen-bond donors (Lipinski definition) is 0. The first-order valence-electron chi connectivity index (χ1n) is 6.04. The van der Waals surface area contributed by atoms with Gasteiger partial charge in [-0.2, -0.15) is 0 Å². The number of hydrogen-bond acceptors (Lipinski definition) is 1. The van der Waals surface area contributed by atoms with E-state index >= 15 is 0 Å². The number of ether oxygens (including phenoxy) is 1. The summed E-state index contributed by atoms with van der Waals surface area (Å²) >= 11 is 0. The van der Waals surface area contributed by atoms with Crippen molar-refractivity contribution in [2.24, 2.45) is 5.92 Å². The van der Waals surface area contributed by atoms with Gasteiger partial charge in [-0.25, -0.2) is 0 Å². The zero-order chi connectivity index (χ0) is 10.5. The Kier molecular flexibility index (Phi) is 3.79. The molecular weight excluding hydrogens is 184 g/mol. The molecule has 82 valence electrons. The minimum atomic E-state index is 0.529. The van der Waals surface area contributed by atoms with E-state index in [1.165, 1.54) is 31.2 Å². The maximum atomic E-state index is 5.84. The second kappa shape index (κ2) is 5.32. The van der Waals surface area contributed by atoms with Crippen LogP contribution in [-0.4, -0.2) is 6.10 Å². The molecule has 1 aromatic carbocycles. The molecule has 0 amide bonds. The van der Waals surface area contributed by atoms with Crippen LogP contribution in [0.1, 0.15) is 38.2 Å². The molecule has 0 aromatic heterocycles. The fourth-order valence-electron chi connectivity index (χ4n) is 2.24. The minimum Gasteiger partial charge on any atom is -0.374 e. The first-order chi connectivity index (χ1) is 7.38. The molecular formula is C14H20O. The van der Waals surface area contributed by atoms with E-state index in [1.807, 2.05) is 6.07 Å². The monoisotopic (exact) mass is 204 g/mol. The summed E-state index contributed by atoms with van der Waals surface area (Å²) in [5, 5.41) is 0. The second-order valence-electron chi connectivity index (χ2n) is 4.54. The van der Waals surface area contributed by atoms with Gasteiger partial charge in [0, 0.05) is 0 Å². The lowest BCUT2D eigenvalue weighted by Gasteiger charge is -2.35. The molecule has 2 rings (SSSR count). The first-order valence-corrected chi connectivity index (χ1v) is 6.04. The molecule has 0 atom stereocenters. The van der Waals surface area contributed by atoms with Crippen LogP contribution in [0.4, 0.5) is 0 Å². The van der Waals surface area contributed by atoms with Crippen LogP contribution in [0.3, 0.4) is 0 Å². The Bertz CT molecular complexity index is 275. The highest BCUT2D eigenvalue weighted by atomic mass is 16.5. The molecule has 0 aliphatic heterocycles. The summed E-state index contributed by atoms with van der Waals surface area (Å²) in [5.74, 6) is 0.941. The lowest BCUT2D eigenvalue weighted by atomic mass is 9.79. The predicted molar refractivity (Wildman–Crippen MR) is 62.7 cm³/mol. The molecule has 0 heterocycles. The Morgan fingerprint density at radius 2 is 1.93 bits per heavy atom. The first kappa shape index (κ1) is 10.7. The van der Waals surface area contributed by atoms with Crippen molar-refractivity contribution in [2.75, 3.05) is 0 Å². The molecule has 0 unspecified atom stereocenters. The van der Waals surface area contributed by atoms with Crippen LogP contribution in [0, 0.1) is 5.92 Å². The predicted octanol–water partition coefficient (Wildman–Crippen LogP) is 3.78. The summed E-state index contributed by atoms with van der Waals surface area (Å²) in [6, 6.07) is 10.4. The smallest absolute Gasteiger partial charge is 0.0720 e. The van der Waals surface area contributed by atoms with Gasteiger partial charge in [-0.15, -0.1) is 0 Å². The molecule has 0 N–H and O–H groups in total. The van der Waals surface area contributed by atoms with Gasteiger partial charge in [0.2, 0.25) is 0 Å². The molecule has 1 nitrogen and oxygen atoms in total. The number of rotatable bonds is 5. The Balaban J connectivity index is 1.64. The van der Waals surface area contributed by atoms with E-state index in [-0.39, 0.29) is 0 Å². The van der Waals surface area contributed by atoms with E-state index in [0.717, 1.165) is 12.5 Å². The van der Waals surface area contributed by atoms with Crippen LogP contribution in [-0.2, 0) is 11.3 Å². The van der Waals surface area contributed by atoms with Crippen LogP contribution in [0.25, 0.3) is 0 Å². The molecule has 1 aliphatic rings. The molecule has 1 aliphatic carbocycles. The van der Waals surface area contributed by atoms with Crippen molar-refractivity contribution in [3.05, 3.63) is 35.9 Å². The SMILES string of the molecule is CCCC1CC(OCc2ccccc2)C1. The van der Waals surface area contributed by atoms with Crippen molar-refractivity contribution < 1.29 is 4.74 Å². The van der Waals surface area contributed by atoms with Crippen LogP contribution >= 0.6 is 0 Å². The minimum absolute atomic E-state index is 0.529. The average Bonchev–Trinajstić information content (AvgIpc) is 2.23. The van der Waals surface area contributed by atoms with Gasteiger partial charge >= 0.3 is 0 Å². The van der Waals surface area contributed by atoms with E-state index in [9.17, 15) is 0 Å². The molecule has 1 heteroatoms. The van der Waals surface area contributed by atoms with Crippen molar-refractivity contribution in [2.45, 2.75) is 45.3 Å². The van der Waals surface area contributed by atoms with Crippen molar-refractivity contribution in [1.29, 1.82) is 0 Å². The summed E-state index contributed by atoms with van der Waals surface area (Å²) in [4.78, 5) is 0. The molecule has 0 spiro atoms. The van der Waals surface area contributed by atoms with Crippen LogP contribution in [0.15, 0.2) is 30.3 Å². The molecule has 1 aromatic rings. The van der Waals surface area contributed by atoms with Gasteiger partial charge in [0.25, 0.3) is 0 Å². The van der Waals surface area contributed by atoms with Gasteiger partial charge in [0.15, 0.2) is 0 Å². The van der Waals surface area contributed by atoms with E-state index in [1.54, 1.807) is 0 Å². The fraction of sp³-hybridized carbons (Fsp3) is 0.571. The average molecular weight is 204 g/mol. The zero-order valence-electron chi connectivity index (χ0n) is 9.49. The summed E-state index contributed by atoms with van der Waals surface area (Å²) in [7, 11) is 0. The van der Waals surface area contributed by atoms with Gasteiger partial charge in [0.1, 0.15) is 0 Å². The quantitative estimate of drug-likeness (QED) is 0.709. The largest absolute Gasteiger partial charge is 0.374 e. The van der Waals surface area contributed by atoms with Crippen LogP contribution in [0.2, 0.25) is 0 Å². The van der Waals surface area contributed by atoms with Crippen molar-refractivity contribution in [3.63, 3.8) is 0 Å². The normalized spacial score (nSPS) is 24.9. The van der Waals surface area contributed by atoms with Crippen molar-refractivity contribution >= 4 is 0 Å². The van der Waals surface area contributed by atoms with Gasteiger partial charge in [-0.3, -0.25) is 0 Å². The van der Waals surface area contributed by atoms with Crippen LogP contribution < -0.4 is 0 Å². The van der Waals surface area contributed by atoms with Gasteiger partial charge in [-0.05, 0) is 24.3 Å². The second-order valence-corrected chi connectivity index (χ2v) is 4.54. The zero-order valence-corrected chi connectivity index (χ0v) is 9.49.